The van der Waals surface area contributed by atoms with Crippen LogP contribution in [0.5, 0.6) is 0 Å². The molecule has 4 rings (SSSR count). The second-order valence-electron chi connectivity index (χ2n) is 9.86. The quantitative estimate of drug-likeness (QED) is 0.411. The highest BCUT2D eigenvalue weighted by Crippen LogP contribution is 2.62. The van der Waals surface area contributed by atoms with Gasteiger partial charge in [0.15, 0.2) is 0 Å². The number of carbonyl (C=O) groups is 2. The summed E-state index contributed by atoms with van der Waals surface area (Å²) in [4.78, 5) is 23.3. The number of aliphatic hydroxyl groups excluding tert-OH is 1. The highest BCUT2D eigenvalue weighted by atomic mass is 16.4. The van der Waals surface area contributed by atoms with Gasteiger partial charge in [-0.25, -0.2) is 0 Å². The number of carboxylic acids is 1. The largest absolute Gasteiger partial charge is 0.481 e. The fourth-order valence-corrected chi connectivity index (χ4v) is 5.94. The summed E-state index contributed by atoms with van der Waals surface area (Å²) in [6.45, 7) is 4.70. The van der Waals surface area contributed by atoms with Crippen LogP contribution in [0.1, 0.15) is 78.1 Å². The Labute approximate surface area is 169 Å². The van der Waals surface area contributed by atoms with E-state index in [0.717, 1.165) is 44.9 Å². The first kappa shape index (κ1) is 21.4. The van der Waals surface area contributed by atoms with E-state index in [0.29, 0.717) is 29.6 Å². The Morgan fingerprint density at radius 3 is 2.54 bits per heavy atom. The van der Waals surface area contributed by atoms with E-state index in [1.54, 1.807) is 0 Å². The second-order valence-corrected chi connectivity index (χ2v) is 9.86. The lowest BCUT2D eigenvalue weighted by Crippen LogP contribution is -2.62. The Kier molecular flexibility index (Phi) is 6.85. The Morgan fingerprint density at radius 1 is 1.18 bits per heavy atom. The Balaban J connectivity index is 1.56. The minimum atomic E-state index is -0.860. The molecule has 158 valence electrons. The molecule has 0 saturated heterocycles. The zero-order chi connectivity index (χ0) is 20.3. The third kappa shape index (κ3) is 4.61. The zero-order valence-corrected chi connectivity index (χ0v) is 17.4. The van der Waals surface area contributed by atoms with Gasteiger partial charge in [0, 0.05) is 12.5 Å². The van der Waals surface area contributed by atoms with Gasteiger partial charge < -0.3 is 15.5 Å². The summed E-state index contributed by atoms with van der Waals surface area (Å²) in [5, 5.41) is 22.4. The molecule has 4 aliphatic rings. The minimum absolute atomic E-state index is 0.127. The molecular weight excluding hydrogens is 354 g/mol. The SMILES string of the molecule is CC1(C)C2C[C@@H]1C[C@H](NC(=O)[C@H](O)C1CCCC1)[C@H]2C/C=C\CCCC(=O)O. The van der Waals surface area contributed by atoms with Gasteiger partial charge >= 0.3 is 5.97 Å². The number of aliphatic hydroxyl groups is 1. The number of fused-ring (bicyclic) bond motifs is 2. The lowest BCUT2D eigenvalue weighted by Gasteiger charge is -2.62. The van der Waals surface area contributed by atoms with Gasteiger partial charge in [-0.2, -0.15) is 0 Å². The molecule has 0 aliphatic heterocycles. The number of nitrogens with one attached hydrogen (secondary N) is 1. The molecule has 5 atom stereocenters. The molecule has 0 radical (unpaired) electrons. The van der Waals surface area contributed by atoms with Crippen molar-refractivity contribution in [3.8, 4) is 0 Å². The van der Waals surface area contributed by atoms with Crippen LogP contribution in [-0.2, 0) is 9.59 Å². The fourth-order valence-electron chi connectivity index (χ4n) is 5.94. The van der Waals surface area contributed by atoms with Crippen molar-refractivity contribution in [1.82, 2.24) is 5.32 Å². The van der Waals surface area contributed by atoms with E-state index in [1.165, 1.54) is 6.42 Å². The Bertz CT molecular complexity index is 593. The number of hydrogen-bond acceptors (Lipinski definition) is 3. The van der Waals surface area contributed by atoms with Crippen molar-refractivity contribution in [1.29, 1.82) is 0 Å². The molecule has 5 heteroatoms. The summed E-state index contributed by atoms with van der Waals surface area (Å²) in [5.74, 6) is 0.863. The van der Waals surface area contributed by atoms with E-state index >= 15 is 0 Å². The van der Waals surface area contributed by atoms with Crippen LogP contribution in [0.4, 0.5) is 0 Å². The van der Waals surface area contributed by atoms with Crippen molar-refractivity contribution >= 4 is 11.9 Å². The number of aliphatic carboxylic acids is 1. The molecule has 4 aliphatic carbocycles. The average molecular weight is 392 g/mol. The van der Waals surface area contributed by atoms with Gasteiger partial charge in [-0.05, 0) is 74.0 Å². The minimum Gasteiger partial charge on any atom is -0.481 e. The fraction of sp³-hybridized carbons (Fsp3) is 0.826. The first-order chi connectivity index (χ1) is 13.3. The zero-order valence-electron chi connectivity index (χ0n) is 17.4. The van der Waals surface area contributed by atoms with Gasteiger partial charge in [0.05, 0.1) is 0 Å². The van der Waals surface area contributed by atoms with Crippen LogP contribution >= 0.6 is 0 Å². The summed E-state index contributed by atoms with van der Waals surface area (Å²) in [7, 11) is 0. The molecule has 1 unspecified atom stereocenters. The normalized spacial score (nSPS) is 32.8. The summed E-state index contributed by atoms with van der Waals surface area (Å²) in [5.41, 5.74) is 0.326. The molecule has 3 N–H and O–H groups in total. The smallest absolute Gasteiger partial charge is 0.303 e. The van der Waals surface area contributed by atoms with Gasteiger partial charge in [0.2, 0.25) is 5.91 Å². The van der Waals surface area contributed by atoms with E-state index in [2.05, 4.69) is 31.3 Å². The van der Waals surface area contributed by atoms with E-state index in [-0.39, 0.29) is 24.3 Å². The molecule has 28 heavy (non-hydrogen) atoms. The van der Waals surface area contributed by atoms with E-state index in [1.807, 2.05) is 0 Å². The predicted molar refractivity (Wildman–Crippen MR) is 109 cm³/mol. The number of unbranched alkanes of at least 4 members (excludes halogenated alkanes) is 1. The van der Waals surface area contributed by atoms with Crippen LogP contribution in [-0.4, -0.2) is 34.2 Å². The van der Waals surface area contributed by atoms with Gasteiger partial charge in [-0.3, -0.25) is 9.59 Å². The molecule has 1 amide bonds. The van der Waals surface area contributed by atoms with Crippen LogP contribution in [0.25, 0.3) is 0 Å². The lowest BCUT2D eigenvalue weighted by atomic mass is 9.44. The first-order valence-electron chi connectivity index (χ1n) is 11.2. The maximum atomic E-state index is 12.7. The second kappa shape index (κ2) is 8.98. The Morgan fingerprint density at radius 2 is 1.89 bits per heavy atom. The van der Waals surface area contributed by atoms with Crippen LogP contribution in [0.2, 0.25) is 0 Å². The van der Waals surface area contributed by atoms with E-state index < -0.39 is 12.1 Å². The number of carbonyl (C=O) groups excluding carboxylic acids is 1. The van der Waals surface area contributed by atoms with Crippen LogP contribution < -0.4 is 5.32 Å². The van der Waals surface area contributed by atoms with Gasteiger partial charge in [-0.15, -0.1) is 0 Å². The van der Waals surface area contributed by atoms with Gasteiger partial charge in [-0.1, -0.05) is 38.8 Å². The number of hydrogen-bond donors (Lipinski definition) is 3. The van der Waals surface area contributed by atoms with Crippen molar-refractivity contribution in [3.63, 3.8) is 0 Å². The first-order valence-corrected chi connectivity index (χ1v) is 11.2. The van der Waals surface area contributed by atoms with Crippen LogP contribution in [0.3, 0.4) is 0 Å². The maximum absolute atomic E-state index is 12.7. The van der Waals surface area contributed by atoms with Crippen molar-refractivity contribution in [2.24, 2.45) is 29.1 Å². The number of rotatable bonds is 9. The standard InChI is InChI=1S/C23H37NO4/c1-23(2)16-13-18(23)17(11-5-3-4-6-12-20(25)26)19(14-16)24-22(28)21(27)15-9-7-8-10-15/h3,5,15-19,21,27H,4,6-14H2,1-2H3,(H,24,28)(H,25,26)/b5-3-/t16-,17+,18?,19+,21-/m1/s1. The molecular formula is C23H37NO4. The maximum Gasteiger partial charge on any atom is 0.303 e. The van der Waals surface area contributed by atoms with Crippen LogP contribution in [0.15, 0.2) is 12.2 Å². The predicted octanol–water partition coefficient (Wildman–Crippen LogP) is 3.91. The summed E-state index contributed by atoms with van der Waals surface area (Å²) in [6, 6.07) is 0.143. The monoisotopic (exact) mass is 391 g/mol. The molecule has 4 saturated carbocycles. The molecule has 5 nitrogen and oxygen atoms in total. The number of allylic oxidation sites excluding steroid dienone is 2. The molecule has 0 heterocycles. The summed E-state index contributed by atoms with van der Waals surface area (Å²) >= 11 is 0. The van der Waals surface area contributed by atoms with E-state index in [4.69, 9.17) is 5.11 Å². The molecule has 0 aromatic rings. The molecule has 4 fully saturated rings. The van der Waals surface area contributed by atoms with Crippen LogP contribution in [0, 0.1) is 29.1 Å². The average Bonchev–Trinajstić information content (AvgIpc) is 3.18. The topological polar surface area (TPSA) is 86.6 Å². The molecule has 0 aromatic carbocycles. The lowest BCUT2D eigenvalue weighted by molar-refractivity contribution is -0.143. The molecule has 0 spiro atoms. The van der Waals surface area contributed by atoms with Crippen molar-refractivity contribution in [3.05, 3.63) is 12.2 Å². The summed E-state index contributed by atoms with van der Waals surface area (Å²) < 4.78 is 0. The van der Waals surface area contributed by atoms with Crippen molar-refractivity contribution < 1.29 is 19.8 Å². The third-order valence-electron chi connectivity index (χ3n) is 7.90. The number of amides is 1. The van der Waals surface area contributed by atoms with Gasteiger partial charge in [0.25, 0.3) is 0 Å². The highest BCUT2D eigenvalue weighted by molar-refractivity contribution is 5.81. The molecule has 0 aromatic heterocycles. The van der Waals surface area contributed by atoms with Crippen molar-refractivity contribution in [2.45, 2.75) is 90.2 Å². The summed E-state index contributed by atoms with van der Waals surface area (Å²) in [6.07, 6.45) is 12.4. The highest BCUT2D eigenvalue weighted by Gasteiger charge is 2.57. The van der Waals surface area contributed by atoms with Gasteiger partial charge in [0.1, 0.15) is 6.10 Å². The number of carboxylic acid groups (broad SMARTS) is 1. The van der Waals surface area contributed by atoms with Crippen molar-refractivity contribution in [2.75, 3.05) is 0 Å². The molecule has 2 bridgehead atoms. The third-order valence-corrected chi connectivity index (χ3v) is 7.90. The Hall–Kier alpha value is -1.36. The van der Waals surface area contributed by atoms with E-state index in [9.17, 15) is 14.7 Å².